The number of fused-ring (bicyclic) bond motifs is 7. The highest BCUT2D eigenvalue weighted by molar-refractivity contribution is 6.21. The lowest BCUT2D eigenvalue weighted by molar-refractivity contribution is 0.906. The highest BCUT2D eigenvalue weighted by Gasteiger charge is 2.22. The van der Waals surface area contributed by atoms with E-state index in [9.17, 15) is 0 Å². The molecule has 0 fully saturated rings. The first-order valence-corrected chi connectivity index (χ1v) is 22.4. The van der Waals surface area contributed by atoms with Crippen molar-refractivity contribution in [2.45, 2.75) is 25.7 Å². The fourth-order valence-electron chi connectivity index (χ4n) is 10.5. The number of nitrogens with zero attached hydrogens (tertiary/aromatic N) is 1. The van der Waals surface area contributed by atoms with Crippen molar-refractivity contribution < 1.29 is 0 Å². The number of allylic oxidation sites excluding steroid dienone is 2. The summed E-state index contributed by atoms with van der Waals surface area (Å²) in [5.41, 5.74) is 19.2. The molecule has 1 heteroatoms. The third-order valence-electron chi connectivity index (χ3n) is 13.4. The molecule has 0 heterocycles. The van der Waals surface area contributed by atoms with Crippen LogP contribution >= 0.6 is 0 Å². The largest absolute Gasteiger partial charge is 0.311 e. The lowest BCUT2D eigenvalue weighted by Gasteiger charge is -2.27. The van der Waals surface area contributed by atoms with Crippen molar-refractivity contribution in [1.29, 1.82) is 0 Å². The third-order valence-corrected chi connectivity index (χ3v) is 13.4. The highest BCUT2D eigenvalue weighted by Crippen LogP contribution is 2.46. The summed E-state index contributed by atoms with van der Waals surface area (Å²) in [7, 11) is 0. The van der Waals surface area contributed by atoms with Crippen LogP contribution in [-0.2, 0) is 12.8 Å². The summed E-state index contributed by atoms with van der Waals surface area (Å²) in [6.45, 7) is 0. The van der Waals surface area contributed by atoms with Gasteiger partial charge in [0.15, 0.2) is 0 Å². The van der Waals surface area contributed by atoms with Crippen LogP contribution < -0.4 is 4.90 Å². The minimum Gasteiger partial charge on any atom is -0.311 e. The van der Waals surface area contributed by atoms with E-state index < -0.39 is 0 Å². The van der Waals surface area contributed by atoms with Gasteiger partial charge in [-0.25, -0.2) is 0 Å². The van der Waals surface area contributed by atoms with E-state index in [1.165, 1.54) is 88.0 Å². The maximum absolute atomic E-state index is 2.43. The van der Waals surface area contributed by atoms with Gasteiger partial charge in [0.25, 0.3) is 0 Å². The lowest BCUT2D eigenvalue weighted by atomic mass is 9.81. The van der Waals surface area contributed by atoms with Crippen LogP contribution in [0.25, 0.3) is 89.0 Å². The summed E-state index contributed by atoms with van der Waals surface area (Å²) in [5, 5.41) is 7.59. The third kappa shape index (κ3) is 6.48. The van der Waals surface area contributed by atoms with E-state index in [4.69, 9.17) is 0 Å². The molecule has 298 valence electrons. The Labute approximate surface area is 369 Å². The predicted molar refractivity (Wildman–Crippen MR) is 270 cm³/mol. The van der Waals surface area contributed by atoms with Crippen LogP contribution in [0.3, 0.4) is 0 Å². The van der Waals surface area contributed by atoms with Gasteiger partial charge in [0.1, 0.15) is 0 Å². The van der Waals surface area contributed by atoms with E-state index in [-0.39, 0.29) is 0 Å². The zero-order valence-electron chi connectivity index (χ0n) is 35.1. The Balaban J connectivity index is 0.996. The van der Waals surface area contributed by atoms with Gasteiger partial charge in [-0.3, -0.25) is 0 Å². The average Bonchev–Trinajstić information content (AvgIpc) is 3.36. The number of benzene rings is 10. The standard InChI is InChI=1S/C62H45N/c1-2-16-45(17-3-1)61-58-26-12-10-23-55(58)56-24-11-13-27-59(56)62(61)46-33-39-50(40-34-46)63(48-35-29-43(30-36-48)52-28-14-19-42-15-4-6-20-51(42)52)49-37-31-44(32-38-49)60-41-47-18-5-7-21-53(47)54-22-8-9-25-57(54)60/h1-6,9-20,23-41H,7-8,21-22H2. The average molecular weight is 804 g/mol. The molecule has 0 saturated heterocycles. The van der Waals surface area contributed by atoms with E-state index in [1.807, 2.05) is 0 Å². The molecule has 0 radical (unpaired) electrons. The highest BCUT2D eigenvalue weighted by atomic mass is 15.1. The van der Waals surface area contributed by atoms with Crippen molar-refractivity contribution in [3.8, 4) is 44.5 Å². The first-order chi connectivity index (χ1) is 31.3. The Morgan fingerprint density at radius 2 is 0.810 bits per heavy atom. The molecule has 0 bridgehead atoms. The summed E-state index contributed by atoms with van der Waals surface area (Å²) >= 11 is 0. The molecule has 0 N–H and O–H groups in total. The molecule has 0 amide bonds. The monoisotopic (exact) mass is 803 g/mol. The summed E-state index contributed by atoms with van der Waals surface area (Å²) < 4.78 is 0. The zero-order valence-corrected chi connectivity index (χ0v) is 35.1. The van der Waals surface area contributed by atoms with Gasteiger partial charge in [0, 0.05) is 17.1 Å². The molecule has 2 aliphatic carbocycles. The number of rotatable bonds is 7. The normalized spacial score (nSPS) is 13.0. The molecule has 2 aliphatic rings. The molecule has 0 aliphatic heterocycles. The molecule has 10 aromatic rings. The van der Waals surface area contributed by atoms with Gasteiger partial charge in [0.05, 0.1) is 0 Å². The van der Waals surface area contributed by atoms with Crippen LogP contribution in [-0.4, -0.2) is 0 Å². The molecule has 10 aromatic carbocycles. The Hall–Kier alpha value is -7.74. The molecule has 0 atom stereocenters. The van der Waals surface area contributed by atoms with Crippen molar-refractivity contribution in [3.63, 3.8) is 0 Å². The van der Waals surface area contributed by atoms with Crippen LogP contribution in [0.2, 0.25) is 0 Å². The van der Waals surface area contributed by atoms with Gasteiger partial charge in [0.2, 0.25) is 0 Å². The molecular weight excluding hydrogens is 759 g/mol. The summed E-state index contributed by atoms with van der Waals surface area (Å²) in [6.07, 6.45) is 13.9. The quantitative estimate of drug-likeness (QED) is 0.145. The van der Waals surface area contributed by atoms with Crippen LogP contribution in [0.5, 0.6) is 0 Å². The van der Waals surface area contributed by atoms with E-state index in [2.05, 4.69) is 229 Å². The van der Waals surface area contributed by atoms with E-state index in [1.54, 1.807) is 11.1 Å². The van der Waals surface area contributed by atoms with Gasteiger partial charge in [-0.15, -0.1) is 0 Å². The van der Waals surface area contributed by atoms with E-state index in [0.29, 0.717) is 0 Å². The SMILES string of the molecule is C1=Cc2cc(-c3ccc(N(c4ccc(-c5cccc6ccccc56)cc4)c4ccc(-c5c(-c6ccccc6)c6ccccc6c6ccccc56)cc4)cc3)c3c(c2CC1)CCC=C3. The Morgan fingerprint density at radius 3 is 1.44 bits per heavy atom. The number of anilines is 3. The van der Waals surface area contributed by atoms with Crippen molar-refractivity contribution in [2.75, 3.05) is 4.90 Å². The van der Waals surface area contributed by atoms with Gasteiger partial charge >= 0.3 is 0 Å². The van der Waals surface area contributed by atoms with Crippen molar-refractivity contribution in [3.05, 3.63) is 235 Å². The van der Waals surface area contributed by atoms with Crippen LogP contribution in [0, 0.1) is 0 Å². The second kappa shape index (κ2) is 15.6. The fraction of sp³-hybridized carbons (Fsp3) is 0.0645. The topological polar surface area (TPSA) is 3.24 Å². The van der Waals surface area contributed by atoms with Gasteiger partial charge < -0.3 is 4.90 Å². The molecule has 1 nitrogen and oxygen atoms in total. The summed E-state index contributed by atoms with van der Waals surface area (Å²) in [5.74, 6) is 0. The fourth-order valence-corrected chi connectivity index (χ4v) is 10.5. The minimum absolute atomic E-state index is 1.11. The zero-order chi connectivity index (χ0) is 41.7. The molecule has 0 aromatic heterocycles. The van der Waals surface area contributed by atoms with Crippen molar-refractivity contribution >= 4 is 61.5 Å². The maximum atomic E-state index is 2.43. The molecule has 0 spiro atoms. The molecule has 63 heavy (non-hydrogen) atoms. The lowest BCUT2D eigenvalue weighted by Crippen LogP contribution is -2.10. The van der Waals surface area contributed by atoms with Gasteiger partial charge in [-0.1, -0.05) is 182 Å². The van der Waals surface area contributed by atoms with Crippen LogP contribution in [0.4, 0.5) is 17.1 Å². The molecular formula is C62H45N. The van der Waals surface area contributed by atoms with Gasteiger partial charge in [-0.2, -0.15) is 0 Å². The minimum atomic E-state index is 1.11. The first-order valence-electron chi connectivity index (χ1n) is 22.4. The maximum Gasteiger partial charge on any atom is 0.0462 e. The number of hydrogen-bond donors (Lipinski definition) is 0. The Kier molecular flexibility index (Phi) is 9.19. The Bertz CT molecular complexity index is 3400. The van der Waals surface area contributed by atoms with E-state index in [0.717, 1.165) is 42.7 Å². The Morgan fingerprint density at radius 1 is 0.333 bits per heavy atom. The molecule has 0 saturated carbocycles. The summed E-state index contributed by atoms with van der Waals surface area (Å²) in [4.78, 5) is 2.40. The van der Waals surface area contributed by atoms with Crippen molar-refractivity contribution in [1.82, 2.24) is 0 Å². The summed E-state index contributed by atoms with van der Waals surface area (Å²) in [6, 6.07) is 73.9. The second-order valence-corrected chi connectivity index (χ2v) is 17.0. The van der Waals surface area contributed by atoms with Crippen LogP contribution in [0.1, 0.15) is 35.1 Å². The molecule has 0 unspecified atom stereocenters. The predicted octanol–water partition coefficient (Wildman–Crippen LogP) is 17.2. The number of hydrogen-bond acceptors (Lipinski definition) is 1. The first kappa shape index (κ1) is 37.1. The molecule has 12 rings (SSSR count). The van der Waals surface area contributed by atoms with E-state index >= 15 is 0 Å². The second-order valence-electron chi connectivity index (χ2n) is 17.0. The van der Waals surface area contributed by atoms with Crippen LogP contribution in [0.15, 0.2) is 212 Å². The van der Waals surface area contributed by atoms with Crippen molar-refractivity contribution in [2.24, 2.45) is 0 Å². The van der Waals surface area contributed by atoms with Gasteiger partial charge in [-0.05, 0) is 167 Å². The smallest absolute Gasteiger partial charge is 0.0462 e.